The molecule has 1 N–H and O–H groups in total. The van der Waals surface area contributed by atoms with Gasteiger partial charge in [-0.05, 0) is 29.7 Å². The maximum absolute atomic E-state index is 5.96. The molecular formula is C13H19BrClN. The van der Waals surface area contributed by atoms with Crippen LogP contribution < -0.4 is 5.32 Å². The van der Waals surface area contributed by atoms with Gasteiger partial charge in [0.25, 0.3) is 0 Å². The van der Waals surface area contributed by atoms with Gasteiger partial charge in [-0.15, -0.1) is 0 Å². The number of benzene rings is 1. The lowest BCUT2D eigenvalue weighted by Gasteiger charge is -2.32. The molecule has 1 nitrogen and oxygen atoms in total. The highest BCUT2D eigenvalue weighted by molar-refractivity contribution is 9.10. The first-order valence-electron chi connectivity index (χ1n) is 5.54. The first-order valence-corrected chi connectivity index (χ1v) is 6.71. The molecule has 0 spiro atoms. The van der Waals surface area contributed by atoms with Crippen molar-refractivity contribution in [3.8, 4) is 0 Å². The van der Waals surface area contributed by atoms with E-state index < -0.39 is 0 Å². The monoisotopic (exact) mass is 303 g/mol. The van der Waals surface area contributed by atoms with Gasteiger partial charge in [-0.3, -0.25) is 0 Å². The Kier molecular flexibility index (Phi) is 4.84. The number of hydrogen-bond acceptors (Lipinski definition) is 1. The predicted octanol–water partition coefficient (Wildman–Crippen LogP) is 4.80. The minimum atomic E-state index is 0.173. The summed E-state index contributed by atoms with van der Waals surface area (Å²) in [4.78, 5) is 0. The lowest BCUT2D eigenvalue weighted by atomic mass is 9.82. The number of nitrogens with one attached hydrogen (secondary N) is 1. The highest BCUT2D eigenvalue weighted by atomic mass is 79.9. The van der Waals surface area contributed by atoms with Crippen LogP contribution in [0.25, 0.3) is 0 Å². The topological polar surface area (TPSA) is 12.0 Å². The SMILES string of the molecule is CCNC(c1ccc(Cl)cc1Br)C(C)(C)C. The summed E-state index contributed by atoms with van der Waals surface area (Å²) in [7, 11) is 0. The molecule has 0 saturated carbocycles. The minimum absolute atomic E-state index is 0.173. The summed E-state index contributed by atoms with van der Waals surface area (Å²) < 4.78 is 1.07. The van der Waals surface area contributed by atoms with Crippen molar-refractivity contribution >= 4 is 27.5 Å². The van der Waals surface area contributed by atoms with E-state index in [1.54, 1.807) is 0 Å². The van der Waals surface area contributed by atoms with Gasteiger partial charge in [-0.2, -0.15) is 0 Å². The Hall–Kier alpha value is -0.0500. The smallest absolute Gasteiger partial charge is 0.0417 e. The molecule has 1 aromatic carbocycles. The first kappa shape index (κ1) is 14.0. The van der Waals surface area contributed by atoms with Gasteiger partial charge in [0.15, 0.2) is 0 Å². The average molecular weight is 305 g/mol. The van der Waals surface area contributed by atoms with Crippen LogP contribution in [0.3, 0.4) is 0 Å². The van der Waals surface area contributed by atoms with Crippen molar-refractivity contribution in [2.45, 2.75) is 33.7 Å². The standard InChI is InChI=1S/C13H19BrClN/c1-5-16-12(13(2,3)4)10-7-6-9(15)8-11(10)14/h6-8,12,16H,5H2,1-4H3. The maximum Gasteiger partial charge on any atom is 0.0417 e. The summed E-state index contributed by atoms with van der Waals surface area (Å²) in [5, 5.41) is 4.29. The Morgan fingerprint density at radius 2 is 2.00 bits per heavy atom. The van der Waals surface area contributed by atoms with Crippen LogP contribution in [-0.2, 0) is 0 Å². The maximum atomic E-state index is 5.96. The van der Waals surface area contributed by atoms with Crippen molar-refractivity contribution in [1.82, 2.24) is 5.32 Å². The average Bonchev–Trinajstić information content (AvgIpc) is 2.13. The lowest BCUT2D eigenvalue weighted by Crippen LogP contribution is -2.32. The van der Waals surface area contributed by atoms with E-state index in [-0.39, 0.29) is 5.41 Å². The van der Waals surface area contributed by atoms with E-state index in [9.17, 15) is 0 Å². The quantitative estimate of drug-likeness (QED) is 0.846. The van der Waals surface area contributed by atoms with E-state index in [2.05, 4.69) is 55.0 Å². The molecule has 0 saturated heterocycles. The van der Waals surface area contributed by atoms with Gasteiger partial charge >= 0.3 is 0 Å². The van der Waals surface area contributed by atoms with Crippen LogP contribution in [0, 0.1) is 5.41 Å². The second kappa shape index (κ2) is 5.52. The van der Waals surface area contributed by atoms with E-state index in [0.29, 0.717) is 6.04 Å². The summed E-state index contributed by atoms with van der Waals surface area (Å²) in [6.07, 6.45) is 0. The number of rotatable bonds is 3. The molecule has 1 rings (SSSR count). The van der Waals surface area contributed by atoms with Crippen LogP contribution in [0.5, 0.6) is 0 Å². The van der Waals surface area contributed by atoms with Crippen LogP contribution in [0.15, 0.2) is 22.7 Å². The Morgan fingerprint density at radius 1 is 1.38 bits per heavy atom. The van der Waals surface area contributed by atoms with Crippen LogP contribution in [-0.4, -0.2) is 6.54 Å². The Morgan fingerprint density at radius 3 is 2.44 bits per heavy atom. The summed E-state index contributed by atoms with van der Waals surface area (Å²) in [5.41, 5.74) is 1.44. The molecule has 0 fully saturated rings. The van der Waals surface area contributed by atoms with E-state index in [4.69, 9.17) is 11.6 Å². The summed E-state index contributed by atoms with van der Waals surface area (Å²) in [6, 6.07) is 6.31. The molecular weight excluding hydrogens is 286 g/mol. The number of halogens is 2. The molecule has 90 valence electrons. The third kappa shape index (κ3) is 3.47. The molecule has 0 aromatic heterocycles. The van der Waals surface area contributed by atoms with Crippen LogP contribution >= 0.6 is 27.5 Å². The normalized spacial score (nSPS) is 13.9. The highest BCUT2D eigenvalue weighted by Gasteiger charge is 2.26. The molecule has 3 heteroatoms. The second-order valence-corrected chi connectivity index (χ2v) is 6.31. The fraction of sp³-hybridized carbons (Fsp3) is 0.538. The van der Waals surface area contributed by atoms with Gasteiger partial charge in [-0.25, -0.2) is 0 Å². The molecule has 16 heavy (non-hydrogen) atoms. The molecule has 1 aromatic rings. The fourth-order valence-corrected chi connectivity index (χ4v) is 2.73. The van der Waals surface area contributed by atoms with Gasteiger partial charge in [0.05, 0.1) is 0 Å². The third-order valence-corrected chi connectivity index (χ3v) is 3.47. The van der Waals surface area contributed by atoms with Gasteiger partial charge < -0.3 is 5.32 Å². The fourth-order valence-electron chi connectivity index (χ4n) is 1.82. The van der Waals surface area contributed by atoms with Crippen LogP contribution in [0.4, 0.5) is 0 Å². The third-order valence-electron chi connectivity index (χ3n) is 2.55. The Bertz CT molecular complexity index is 357. The molecule has 0 radical (unpaired) electrons. The van der Waals surface area contributed by atoms with E-state index in [1.807, 2.05) is 12.1 Å². The van der Waals surface area contributed by atoms with Crippen LogP contribution in [0.1, 0.15) is 39.3 Å². The second-order valence-electron chi connectivity index (χ2n) is 5.02. The lowest BCUT2D eigenvalue weighted by molar-refractivity contribution is 0.276. The van der Waals surface area contributed by atoms with Gasteiger partial charge in [0.2, 0.25) is 0 Å². The van der Waals surface area contributed by atoms with Crippen LogP contribution in [0.2, 0.25) is 5.02 Å². The van der Waals surface area contributed by atoms with Crippen molar-refractivity contribution in [1.29, 1.82) is 0 Å². The van der Waals surface area contributed by atoms with Crippen molar-refractivity contribution < 1.29 is 0 Å². The first-order chi connectivity index (χ1) is 7.36. The Balaban J connectivity index is 3.11. The van der Waals surface area contributed by atoms with Gasteiger partial charge in [0.1, 0.15) is 0 Å². The zero-order chi connectivity index (χ0) is 12.3. The highest BCUT2D eigenvalue weighted by Crippen LogP contribution is 2.37. The molecule has 0 amide bonds. The van der Waals surface area contributed by atoms with E-state index in [0.717, 1.165) is 16.0 Å². The summed E-state index contributed by atoms with van der Waals surface area (Å²) in [6.45, 7) is 9.80. The number of hydrogen-bond donors (Lipinski definition) is 1. The van der Waals surface area contributed by atoms with Gasteiger partial charge in [0, 0.05) is 15.5 Å². The van der Waals surface area contributed by atoms with E-state index >= 15 is 0 Å². The van der Waals surface area contributed by atoms with Gasteiger partial charge in [-0.1, -0.05) is 61.3 Å². The van der Waals surface area contributed by atoms with Crippen molar-refractivity contribution in [2.75, 3.05) is 6.54 Å². The molecule has 0 aliphatic carbocycles. The molecule has 0 aliphatic heterocycles. The molecule has 0 bridgehead atoms. The van der Waals surface area contributed by atoms with Crippen molar-refractivity contribution in [3.63, 3.8) is 0 Å². The van der Waals surface area contributed by atoms with Crippen molar-refractivity contribution in [2.24, 2.45) is 5.41 Å². The van der Waals surface area contributed by atoms with E-state index in [1.165, 1.54) is 5.56 Å². The molecule has 1 unspecified atom stereocenters. The summed E-state index contributed by atoms with van der Waals surface area (Å²) in [5.74, 6) is 0. The zero-order valence-corrected chi connectivity index (χ0v) is 12.6. The molecule has 1 atom stereocenters. The van der Waals surface area contributed by atoms with Crippen molar-refractivity contribution in [3.05, 3.63) is 33.3 Å². The molecule has 0 heterocycles. The largest absolute Gasteiger partial charge is 0.310 e. The summed E-state index contributed by atoms with van der Waals surface area (Å²) >= 11 is 9.55. The Labute approximate surface area is 112 Å². The molecule has 0 aliphatic rings. The zero-order valence-electron chi connectivity index (χ0n) is 10.3. The minimum Gasteiger partial charge on any atom is -0.310 e. The predicted molar refractivity (Wildman–Crippen MR) is 75.0 cm³/mol.